The Hall–Kier alpha value is -2.93. The van der Waals surface area contributed by atoms with Gasteiger partial charge in [0.25, 0.3) is 5.91 Å². The minimum absolute atomic E-state index is 0.119. The topological polar surface area (TPSA) is 61.8 Å². The minimum Gasteiger partial charge on any atom is -0.355 e. The maximum atomic E-state index is 13.4. The molecule has 150 valence electrons. The number of amidine groups is 1. The van der Waals surface area contributed by atoms with Crippen LogP contribution in [0.3, 0.4) is 0 Å². The zero-order chi connectivity index (χ0) is 20.8. The third kappa shape index (κ3) is 5.12. The Kier molecular flexibility index (Phi) is 6.82. The van der Waals surface area contributed by atoms with Crippen molar-refractivity contribution in [2.75, 3.05) is 11.4 Å². The first-order valence-electron chi connectivity index (χ1n) is 9.39. The van der Waals surface area contributed by atoms with E-state index < -0.39 is 5.25 Å². The molecule has 0 aliphatic carbocycles. The summed E-state index contributed by atoms with van der Waals surface area (Å²) in [4.78, 5) is 31.3. The molecule has 0 aromatic heterocycles. The zero-order valence-corrected chi connectivity index (χ0v) is 17.1. The lowest BCUT2D eigenvalue weighted by molar-refractivity contribution is -0.120. The number of hydrogen-bond donors (Lipinski definition) is 1. The van der Waals surface area contributed by atoms with Crippen LogP contribution in [-0.4, -0.2) is 28.8 Å². The Morgan fingerprint density at radius 3 is 2.55 bits per heavy atom. The first-order chi connectivity index (χ1) is 14.0. The van der Waals surface area contributed by atoms with Crippen LogP contribution in [0.25, 0.3) is 6.08 Å². The van der Waals surface area contributed by atoms with E-state index in [1.54, 1.807) is 13.0 Å². The normalized spacial score (nSPS) is 16.1. The summed E-state index contributed by atoms with van der Waals surface area (Å²) in [5.41, 5.74) is 1.61. The Labute approximate surface area is 173 Å². The summed E-state index contributed by atoms with van der Waals surface area (Å²) >= 11 is 1.20. The number of nitrogens with one attached hydrogen (secondary N) is 1. The number of benzene rings is 2. The number of halogens is 1. The van der Waals surface area contributed by atoms with Gasteiger partial charge in [-0.3, -0.25) is 14.5 Å². The van der Waals surface area contributed by atoms with Crippen LogP contribution in [0, 0.1) is 5.82 Å². The molecule has 1 unspecified atom stereocenters. The number of nitrogens with zero attached hydrogens (tertiary/aromatic N) is 2. The summed E-state index contributed by atoms with van der Waals surface area (Å²) in [7, 11) is 0. The van der Waals surface area contributed by atoms with Gasteiger partial charge in [-0.15, -0.1) is 0 Å². The second-order valence-corrected chi connectivity index (χ2v) is 7.81. The summed E-state index contributed by atoms with van der Waals surface area (Å²) in [6.07, 6.45) is 2.54. The third-order valence-electron chi connectivity index (χ3n) is 4.22. The Morgan fingerprint density at radius 1 is 1.21 bits per heavy atom. The highest BCUT2D eigenvalue weighted by molar-refractivity contribution is 8.15. The van der Waals surface area contributed by atoms with E-state index in [0.717, 1.165) is 12.0 Å². The molecule has 2 aromatic carbocycles. The highest BCUT2D eigenvalue weighted by Gasteiger charge is 2.34. The van der Waals surface area contributed by atoms with E-state index in [0.29, 0.717) is 17.4 Å². The van der Waals surface area contributed by atoms with Gasteiger partial charge in [-0.05, 0) is 49.2 Å². The molecule has 7 heteroatoms. The smallest absolute Gasteiger partial charge is 0.283 e. The van der Waals surface area contributed by atoms with Crippen molar-refractivity contribution in [3.63, 3.8) is 0 Å². The maximum Gasteiger partial charge on any atom is 0.283 e. The van der Waals surface area contributed by atoms with E-state index in [2.05, 4.69) is 10.3 Å². The maximum absolute atomic E-state index is 13.4. The summed E-state index contributed by atoms with van der Waals surface area (Å²) in [6, 6.07) is 15.0. The van der Waals surface area contributed by atoms with Crippen molar-refractivity contribution in [1.29, 1.82) is 0 Å². The fraction of sp³-hybridized carbons (Fsp3) is 0.227. The van der Waals surface area contributed by atoms with Crippen LogP contribution in [0.15, 0.2) is 65.3 Å². The molecule has 2 aromatic rings. The number of thioether (sulfide) groups is 1. The van der Waals surface area contributed by atoms with Gasteiger partial charge in [0.1, 0.15) is 11.5 Å². The number of amides is 2. The van der Waals surface area contributed by atoms with Crippen LogP contribution >= 0.6 is 11.8 Å². The predicted molar refractivity (Wildman–Crippen MR) is 116 cm³/mol. The number of rotatable bonds is 6. The molecule has 1 aliphatic heterocycles. The van der Waals surface area contributed by atoms with Gasteiger partial charge in [-0.25, -0.2) is 9.38 Å². The van der Waals surface area contributed by atoms with Gasteiger partial charge in [0.2, 0.25) is 5.91 Å². The summed E-state index contributed by atoms with van der Waals surface area (Å²) in [6.45, 7) is 4.34. The molecule has 0 fully saturated rings. The largest absolute Gasteiger partial charge is 0.355 e. The van der Waals surface area contributed by atoms with Gasteiger partial charge in [0, 0.05) is 6.54 Å². The van der Waals surface area contributed by atoms with Crippen LogP contribution in [-0.2, 0) is 9.59 Å². The van der Waals surface area contributed by atoms with Crippen LogP contribution in [0.4, 0.5) is 10.1 Å². The van der Waals surface area contributed by atoms with Crippen LogP contribution in [0.2, 0.25) is 0 Å². The van der Waals surface area contributed by atoms with Gasteiger partial charge in [-0.1, -0.05) is 49.0 Å². The fourth-order valence-electron chi connectivity index (χ4n) is 2.70. The van der Waals surface area contributed by atoms with Crippen molar-refractivity contribution in [2.45, 2.75) is 25.5 Å². The van der Waals surface area contributed by atoms with Crippen LogP contribution in [0.1, 0.15) is 25.8 Å². The zero-order valence-electron chi connectivity index (χ0n) is 16.3. The number of aliphatic imine (C=N–C) groups is 1. The molecule has 0 saturated heterocycles. The highest BCUT2D eigenvalue weighted by atomic mass is 32.2. The molecular weight excluding hydrogens is 389 g/mol. The quantitative estimate of drug-likeness (QED) is 0.724. The average Bonchev–Trinajstić information content (AvgIpc) is 3.02. The molecule has 1 N–H and O–H groups in total. The van der Waals surface area contributed by atoms with Gasteiger partial charge >= 0.3 is 0 Å². The average molecular weight is 412 g/mol. The van der Waals surface area contributed by atoms with Gasteiger partial charge in [0.05, 0.1) is 10.9 Å². The first-order valence-corrected chi connectivity index (χ1v) is 10.3. The van der Waals surface area contributed by atoms with Crippen molar-refractivity contribution in [3.8, 4) is 0 Å². The number of carbonyl (C=O) groups excluding carboxylic acids is 2. The summed E-state index contributed by atoms with van der Waals surface area (Å²) in [5.74, 6) is -0.824. The molecule has 1 atom stereocenters. The lowest BCUT2D eigenvalue weighted by atomic mass is 10.2. The molecule has 0 saturated carbocycles. The van der Waals surface area contributed by atoms with Crippen LogP contribution < -0.4 is 10.2 Å². The lowest BCUT2D eigenvalue weighted by Gasteiger charge is -2.20. The predicted octanol–water partition coefficient (Wildman–Crippen LogP) is 4.22. The van der Waals surface area contributed by atoms with Crippen molar-refractivity contribution < 1.29 is 14.0 Å². The molecule has 2 amide bonds. The molecular formula is C22H22FN3O2S. The molecule has 0 radical (unpaired) electrons. The highest BCUT2D eigenvalue weighted by Crippen LogP contribution is 2.31. The fourth-order valence-corrected chi connectivity index (χ4v) is 3.66. The molecule has 5 nitrogen and oxygen atoms in total. The first kappa shape index (κ1) is 20.8. The van der Waals surface area contributed by atoms with Gasteiger partial charge < -0.3 is 5.32 Å². The van der Waals surface area contributed by atoms with E-state index in [-0.39, 0.29) is 23.3 Å². The molecule has 0 spiro atoms. The molecule has 1 aliphatic rings. The Morgan fingerprint density at radius 2 is 1.90 bits per heavy atom. The van der Waals surface area contributed by atoms with E-state index in [1.807, 2.05) is 37.3 Å². The number of anilines is 1. The van der Waals surface area contributed by atoms with Crippen molar-refractivity contribution in [3.05, 3.63) is 71.7 Å². The summed E-state index contributed by atoms with van der Waals surface area (Å²) in [5, 5.41) is 2.80. The molecule has 0 bridgehead atoms. The summed E-state index contributed by atoms with van der Waals surface area (Å²) < 4.78 is 13.4. The Balaban J connectivity index is 1.91. The third-order valence-corrected chi connectivity index (χ3v) is 5.27. The van der Waals surface area contributed by atoms with Crippen molar-refractivity contribution in [1.82, 2.24) is 5.32 Å². The lowest BCUT2D eigenvalue weighted by Crippen LogP contribution is -2.36. The standard InChI is InChI=1S/C22H22FN3O2S/c1-3-13-24-20(27)15(2)29-22-25-19(14-16-7-5-4-6-8-16)21(28)26(22)18-11-9-17(23)10-12-18/h4-12,14-15H,3,13H2,1-2H3,(H,24,27)/b19-14-. The van der Waals surface area contributed by atoms with Crippen LogP contribution in [0.5, 0.6) is 0 Å². The number of hydrogen-bond acceptors (Lipinski definition) is 4. The van der Waals surface area contributed by atoms with Gasteiger partial charge in [0.15, 0.2) is 5.17 Å². The van der Waals surface area contributed by atoms with Gasteiger partial charge in [-0.2, -0.15) is 0 Å². The van der Waals surface area contributed by atoms with Crippen molar-refractivity contribution in [2.24, 2.45) is 4.99 Å². The van der Waals surface area contributed by atoms with E-state index in [1.165, 1.54) is 40.9 Å². The molecule has 29 heavy (non-hydrogen) atoms. The number of carbonyl (C=O) groups is 2. The second kappa shape index (κ2) is 9.52. The molecule has 3 rings (SSSR count). The Bertz CT molecular complexity index is 942. The van der Waals surface area contributed by atoms with E-state index in [4.69, 9.17) is 0 Å². The SMILES string of the molecule is CCCNC(=O)C(C)SC1=N/C(=C\c2ccccc2)C(=O)N1c1ccc(F)cc1. The molecule has 1 heterocycles. The minimum atomic E-state index is -0.438. The van der Waals surface area contributed by atoms with Crippen molar-refractivity contribution >= 4 is 40.5 Å². The second-order valence-electron chi connectivity index (χ2n) is 6.50. The van der Waals surface area contributed by atoms with E-state index in [9.17, 15) is 14.0 Å². The van der Waals surface area contributed by atoms with E-state index >= 15 is 0 Å². The monoisotopic (exact) mass is 411 g/mol.